The van der Waals surface area contributed by atoms with Gasteiger partial charge in [-0.3, -0.25) is 14.4 Å². The molecule has 4 heterocycles. The Kier molecular flexibility index (Phi) is 5.83. The van der Waals surface area contributed by atoms with Gasteiger partial charge in [0.2, 0.25) is 11.9 Å². The molecule has 1 aromatic carbocycles. The minimum absolute atomic E-state index is 0.0654. The van der Waals surface area contributed by atoms with E-state index in [2.05, 4.69) is 0 Å². The minimum Gasteiger partial charge on any atom is -0.458 e. The third-order valence-electron chi connectivity index (χ3n) is 10.7. The van der Waals surface area contributed by atoms with Gasteiger partial charge >= 0.3 is 29.8 Å². The second-order valence-electron chi connectivity index (χ2n) is 13.7. The monoisotopic (exact) mass is 614 g/mol. The Bertz CT molecular complexity index is 1480. The molecule has 13 nitrogen and oxygen atoms in total. The minimum atomic E-state index is -2.55. The van der Waals surface area contributed by atoms with Crippen molar-refractivity contribution in [1.82, 2.24) is 0 Å². The van der Waals surface area contributed by atoms with Crippen LogP contribution in [0.1, 0.15) is 47.1 Å². The standard InChI is InChI=1S/C31H34O13/c1-13-23(34)42-21-20(40-15(3)33)29-19(39-14(2)32)17-18(27(4,5)6)28(29)22(38-12-16-10-8-7-9-11-16)24(35)43-26(28)44-31(29,25(36)41-17)30(13,21)37/h7-11,13,17-22,26,37H,12H2,1-6H3/t13-,17-,18+,19?,20+,21?,22+,26?,28?,29?,30-,31?/m1/s1. The average molecular weight is 615 g/mol. The highest BCUT2D eigenvalue weighted by atomic mass is 16.8. The highest BCUT2D eigenvalue weighted by Gasteiger charge is 3.06. The fourth-order valence-electron chi connectivity index (χ4n) is 9.77. The van der Waals surface area contributed by atoms with Crippen LogP contribution in [0.2, 0.25) is 0 Å². The summed E-state index contributed by atoms with van der Waals surface area (Å²) in [5.41, 5.74) is -8.98. The number of hydrogen-bond donors (Lipinski definition) is 1. The molecule has 13 heteroatoms. The predicted octanol–water partition coefficient (Wildman–Crippen LogP) is 0.967. The summed E-state index contributed by atoms with van der Waals surface area (Å²) in [6, 6.07) is 9.04. The summed E-state index contributed by atoms with van der Waals surface area (Å²) in [6.07, 6.45) is -8.98. The fourth-order valence-corrected chi connectivity index (χ4v) is 9.77. The maximum atomic E-state index is 14.5. The Balaban J connectivity index is 1.57. The van der Waals surface area contributed by atoms with Crippen molar-refractivity contribution in [1.29, 1.82) is 0 Å². The molecule has 7 rings (SSSR count). The quantitative estimate of drug-likeness (QED) is 0.368. The van der Waals surface area contributed by atoms with Crippen LogP contribution in [0.4, 0.5) is 0 Å². The number of carbonyl (C=O) groups excluding carboxylic acids is 5. The molecule has 2 aliphatic carbocycles. The lowest BCUT2D eigenvalue weighted by Gasteiger charge is -2.51. The highest BCUT2D eigenvalue weighted by molar-refractivity contribution is 5.94. The molecular weight excluding hydrogens is 580 g/mol. The van der Waals surface area contributed by atoms with Gasteiger partial charge in [-0.2, -0.15) is 0 Å². The molecule has 44 heavy (non-hydrogen) atoms. The summed E-state index contributed by atoms with van der Waals surface area (Å²) >= 11 is 0. The van der Waals surface area contributed by atoms with Gasteiger partial charge in [-0.15, -0.1) is 0 Å². The molecule has 0 aromatic heterocycles. The lowest BCUT2D eigenvalue weighted by atomic mass is 9.50. The van der Waals surface area contributed by atoms with Gasteiger partial charge in [-0.1, -0.05) is 51.1 Å². The van der Waals surface area contributed by atoms with Crippen molar-refractivity contribution in [2.24, 2.45) is 28.1 Å². The number of hydrogen-bond acceptors (Lipinski definition) is 13. The predicted molar refractivity (Wildman–Crippen MR) is 142 cm³/mol. The maximum absolute atomic E-state index is 14.5. The lowest BCUT2D eigenvalue weighted by molar-refractivity contribution is -0.283. The van der Waals surface area contributed by atoms with Gasteiger partial charge in [0.25, 0.3) is 0 Å². The topological polar surface area (TPSA) is 170 Å². The van der Waals surface area contributed by atoms with Crippen LogP contribution in [0.15, 0.2) is 30.3 Å². The van der Waals surface area contributed by atoms with Gasteiger partial charge in [-0.25, -0.2) is 9.59 Å². The molecule has 2 spiro atoms. The van der Waals surface area contributed by atoms with Crippen molar-refractivity contribution in [2.75, 3.05) is 0 Å². The molecule has 2 saturated carbocycles. The molecule has 6 fully saturated rings. The number of rotatable bonds is 5. The molecule has 6 aliphatic rings. The number of carbonyl (C=O) groups is 5. The van der Waals surface area contributed by atoms with Gasteiger partial charge < -0.3 is 38.3 Å². The molecule has 6 unspecified atom stereocenters. The largest absolute Gasteiger partial charge is 0.458 e. The zero-order valence-electron chi connectivity index (χ0n) is 25.1. The van der Waals surface area contributed by atoms with Crippen LogP contribution in [-0.4, -0.2) is 83.0 Å². The van der Waals surface area contributed by atoms with Crippen molar-refractivity contribution in [2.45, 2.75) is 96.2 Å². The van der Waals surface area contributed by atoms with Crippen molar-refractivity contribution in [3.05, 3.63) is 35.9 Å². The van der Waals surface area contributed by atoms with Crippen LogP contribution in [0.3, 0.4) is 0 Å². The van der Waals surface area contributed by atoms with Crippen LogP contribution in [0.25, 0.3) is 0 Å². The summed E-state index contributed by atoms with van der Waals surface area (Å²) < 4.78 is 42.6. The van der Waals surface area contributed by atoms with Gasteiger partial charge in [0.05, 0.1) is 17.9 Å². The summed E-state index contributed by atoms with van der Waals surface area (Å²) in [5, 5.41) is 12.7. The first-order valence-electron chi connectivity index (χ1n) is 14.6. The number of fused-ring (bicyclic) bond motifs is 2. The Morgan fingerprint density at radius 1 is 0.932 bits per heavy atom. The van der Waals surface area contributed by atoms with Crippen molar-refractivity contribution in [3.63, 3.8) is 0 Å². The number of ether oxygens (including phenoxy) is 7. The molecule has 12 atom stereocenters. The molecule has 2 bridgehead atoms. The van der Waals surface area contributed by atoms with E-state index in [-0.39, 0.29) is 6.61 Å². The second-order valence-corrected chi connectivity index (χ2v) is 13.7. The first-order chi connectivity index (χ1) is 20.6. The summed E-state index contributed by atoms with van der Waals surface area (Å²) in [6.45, 7) is 9.13. The highest BCUT2D eigenvalue weighted by Crippen LogP contribution is 2.85. The Morgan fingerprint density at radius 3 is 2.18 bits per heavy atom. The van der Waals surface area contributed by atoms with Crippen molar-refractivity contribution < 1.29 is 62.2 Å². The Labute approximate surface area is 252 Å². The van der Waals surface area contributed by atoms with E-state index in [0.717, 1.165) is 19.4 Å². The van der Waals surface area contributed by atoms with Crippen LogP contribution in [-0.2, 0) is 63.7 Å². The molecule has 0 amide bonds. The Morgan fingerprint density at radius 2 is 1.57 bits per heavy atom. The first kappa shape index (κ1) is 29.2. The van der Waals surface area contributed by atoms with Gasteiger partial charge in [-0.05, 0) is 17.9 Å². The summed E-state index contributed by atoms with van der Waals surface area (Å²) in [7, 11) is 0. The molecule has 236 valence electrons. The van der Waals surface area contributed by atoms with Crippen LogP contribution in [0.5, 0.6) is 0 Å². The molecule has 0 radical (unpaired) electrons. The van der Waals surface area contributed by atoms with Gasteiger partial charge in [0, 0.05) is 19.8 Å². The van der Waals surface area contributed by atoms with Crippen LogP contribution >= 0.6 is 0 Å². The van der Waals surface area contributed by atoms with Crippen LogP contribution in [0, 0.1) is 28.1 Å². The fraction of sp³-hybridized carbons (Fsp3) is 0.645. The van der Waals surface area contributed by atoms with Crippen molar-refractivity contribution >= 4 is 29.8 Å². The first-order valence-corrected chi connectivity index (χ1v) is 14.6. The normalized spacial score (nSPS) is 46.0. The third-order valence-corrected chi connectivity index (χ3v) is 10.7. The van der Waals surface area contributed by atoms with Crippen molar-refractivity contribution in [3.8, 4) is 0 Å². The van der Waals surface area contributed by atoms with E-state index in [0.29, 0.717) is 0 Å². The molecule has 4 aliphatic heterocycles. The number of esters is 5. The zero-order chi connectivity index (χ0) is 31.8. The molecular formula is C31H34O13. The molecule has 4 saturated heterocycles. The molecule has 1 aromatic rings. The zero-order valence-corrected chi connectivity index (χ0v) is 25.1. The SMILES string of the molecule is CC(=O)OC1[C@@H]2OC(=O)C34OC5OC(=O)[C@H](OCc6ccccc6)C5([C@@H]2C(C)(C)C)C13[C@@H](OC(C)=O)C1OC(=O)[C@@H](C)[C@@]14O. The van der Waals surface area contributed by atoms with E-state index < -0.39 is 106 Å². The van der Waals surface area contributed by atoms with E-state index in [1.54, 1.807) is 24.3 Å². The summed E-state index contributed by atoms with van der Waals surface area (Å²) in [5.74, 6) is -6.65. The van der Waals surface area contributed by atoms with E-state index in [1.807, 2.05) is 26.8 Å². The smallest absolute Gasteiger partial charge is 0.343 e. The van der Waals surface area contributed by atoms with Gasteiger partial charge in [0.15, 0.2) is 30.0 Å². The van der Waals surface area contributed by atoms with E-state index in [1.165, 1.54) is 6.92 Å². The average Bonchev–Trinajstić information content (AvgIpc) is 3.55. The Hall–Kier alpha value is -3.55. The van der Waals surface area contributed by atoms with E-state index >= 15 is 0 Å². The lowest BCUT2D eigenvalue weighted by Crippen LogP contribution is -2.74. The second kappa shape index (κ2) is 8.79. The maximum Gasteiger partial charge on any atom is 0.343 e. The third kappa shape index (κ3) is 2.94. The number of benzene rings is 1. The molecule has 1 N–H and O–H groups in total. The summed E-state index contributed by atoms with van der Waals surface area (Å²) in [4.78, 5) is 67.1. The van der Waals surface area contributed by atoms with Gasteiger partial charge in [0.1, 0.15) is 11.5 Å². The number of aliphatic hydroxyl groups is 1. The van der Waals surface area contributed by atoms with E-state index in [9.17, 15) is 29.1 Å². The van der Waals surface area contributed by atoms with E-state index in [4.69, 9.17) is 33.2 Å². The van der Waals surface area contributed by atoms with Crippen LogP contribution < -0.4 is 0 Å².